The lowest BCUT2D eigenvalue weighted by Crippen LogP contribution is -2.45. The number of rotatable bonds is 2. The first kappa shape index (κ1) is 9.44. The summed E-state index contributed by atoms with van der Waals surface area (Å²) in [5.41, 5.74) is 0. The van der Waals surface area contributed by atoms with Crippen molar-refractivity contribution in [2.24, 2.45) is 0 Å². The fourth-order valence-corrected chi connectivity index (χ4v) is 2.43. The van der Waals surface area contributed by atoms with Crippen molar-refractivity contribution in [3.63, 3.8) is 0 Å². The highest BCUT2D eigenvalue weighted by atomic mass is 16.5. The molecule has 1 N–H and O–H groups in total. The average Bonchev–Trinajstić information content (AvgIpc) is 2.71. The van der Waals surface area contributed by atoms with Gasteiger partial charge in [-0.25, -0.2) is 0 Å². The van der Waals surface area contributed by atoms with Crippen LogP contribution in [-0.4, -0.2) is 42.9 Å². The minimum absolute atomic E-state index is 0.289. The molecule has 2 aliphatic rings. The Morgan fingerprint density at radius 2 is 2.38 bits per heavy atom. The number of hydrogen-bond acceptors (Lipinski definition) is 3. The predicted molar refractivity (Wildman–Crippen MR) is 52.6 cm³/mol. The maximum absolute atomic E-state index is 5.73. The van der Waals surface area contributed by atoms with Gasteiger partial charge in [0.1, 0.15) is 6.23 Å². The Morgan fingerprint density at radius 3 is 3.00 bits per heavy atom. The Labute approximate surface area is 80.4 Å². The van der Waals surface area contributed by atoms with Crippen LogP contribution in [0, 0.1) is 0 Å². The summed E-state index contributed by atoms with van der Waals surface area (Å²) >= 11 is 0. The van der Waals surface area contributed by atoms with Crippen LogP contribution in [-0.2, 0) is 4.74 Å². The zero-order valence-electron chi connectivity index (χ0n) is 8.62. The van der Waals surface area contributed by atoms with Crippen molar-refractivity contribution in [3.8, 4) is 0 Å². The van der Waals surface area contributed by atoms with Crippen LogP contribution in [0.5, 0.6) is 0 Å². The molecule has 13 heavy (non-hydrogen) atoms. The second kappa shape index (κ2) is 3.95. The van der Waals surface area contributed by atoms with E-state index in [2.05, 4.69) is 24.1 Å². The summed E-state index contributed by atoms with van der Waals surface area (Å²) in [6.07, 6.45) is 2.91. The molecule has 0 aromatic rings. The summed E-state index contributed by atoms with van der Waals surface area (Å²) < 4.78 is 5.73. The lowest BCUT2D eigenvalue weighted by molar-refractivity contribution is 0.0331. The molecule has 2 heterocycles. The molecule has 0 bridgehead atoms. The summed E-state index contributed by atoms with van der Waals surface area (Å²) in [6.45, 7) is 7.69. The second-order valence-corrected chi connectivity index (χ2v) is 4.16. The van der Waals surface area contributed by atoms with Crippen molar-refractivity contribution >= 4 is 0 Å². The molecule has 0 spiro atoms. The van der Waals surface area contributed by atoms with Crippen molar-refractivity contribution in [3.05, 3.63) is 0 Å². The third-order valence-corrected chi connectivity index (χ3v) is 3.14. The first-order valence-electron chi connectivity index (χ1n) is 5.43. The van der Waals surface area contributed by atoms with Gasteiger partial charge in [0.2, 0.25) is 0 Å². The molecule has 0 saturated carbocycles. The van der Waals surface area contributed by atoms with E-state index in [1.165, 1.54) is 19.4 Å². The minimum atomic E-state index is 0.289. The number of likely N-dealkylation sites (N-methyl/N-ethyl adjacent to an activating group) is 1. The van der Waals surface area contributed by atoms with E-state index in [0.717, 1.165) is 13.2 Å². The van der Waals surface area contributed by atoms with Crippen LogP contribution in [0.25, 0.3) is 0 Å². The molecule has 0 aromatic heterocycles. The van der Waals surface area contributed by atoms with Gasteiger partial charge >= 0.3 is 0 Å². The zero-order chi connectivity index (χ0) is 9.26. The van der Waals surface area contributed by atoms with Gasteiger partial charge in [-0.1, -0.05) is 6.92 Å². The molecule has 76 valence electrons. The number of likely N-dealkylation sites (tertiary alicyclic amines) is 1. The smallest absolute Gasteiger partial charge is 0.124 e. The molecule has 3 unspecified atom stereocenters. The van der Waals surface area contributed by atoms with Crippen molar-refractivity contribution in [1.82, 2.24) is 10.2 Å². The third kappa shape index (κ3) is 1.87. The zero-order valence-corrected chi connectivity index (χ0v) is 8.62. The van der Waals surface area contributed by atoms with Crippen LogP contribution in [0.15, 0.2) is 0 Å². The lowest BCUT2D eigenvalue weighted by Gasteiger charge is -2.27. The third-order valence-electron chi connectivity index (χ3n) is 3.14. The van der Waals surface area contributed by atoms with Gasteiger partial charge in [0.05, 0.1) is 6.61 Å². The van der Waals surface area contributed by atoms with Gasteiger partial charge in [0.15, 0.2) is 0 Å². The molecule has 3 nitrogen and oxygen atoms in total. The van der Waals surface area contributed by atoms with Crippen molar-refractivity contribution in [2.75, 3.05) is 19.7 Å². The SMILES string of the molecule is CCN1CCCC1C1NC(C)CO1. The molecule has 0 radical (unpaired) electrons. The summed E-state index contributed by atoms with van der Waals surface area (Å²) in [5.74, 6) is 0. The number of ether oxygens (including phenoxy) is 1. The van der Waals surface area contributed by atoms with Crippen molar-refractivity contribution in [1.29, 1.82) is 0 Å². The van der Waals surface area contributed by atoms with Gasteiger partial charge in [0, 0.05) is 12.1 Å². The average molecular weight is 184 g/mol. The molecule has 2 saturated heterocycles. The highest BCUT2D eigenvalue weighted by molar-refractivity contribution is 4.88. The van der Waals surface area contributed by atoms with Gasteiger partial charge in [-0.3, -0.25) is 10.2 Å². The quantitative estimate of drug-likeness (QED) is 0.687. The predicted octanol–water partition coefficient (Wildman–Crippen LogP) is 0.805. The van der Waals surface area contributed by atoms with Crippen LogP contribution < -0.4 is 5.32 Å². The Hall–Kier alpha value is -0.120. The molecule has 3 heteroatoms. The van der Waals surface area contributed by atoms with E-state index in [-0.39, 0.29) is 6.23 Å². The molecule has 2 fully saturated rings. The Balaban J connectivity index is 1.92. The molecular weight excluding hydrogens is 164 g/mol. The summed E-state index contributed by atoms with van der Waals surface area (Å²) in [7, 11) is 0. The fourth-order valence-electron chi connectivity index (χ4n) is 2.43. The molecular formula is C10H20N2O. The van der Waals surface area contributed by atoms with E-state index in [9.17, 15) is 0 Å². The number of nitrogens with one attached hydrogen (secondary N) is 1. The number of nitrogens with zero attached hydrogens (tertiary/aromatic N) is 1. The topological polar surface area (TPSA) is 24.5 Å². The van der Waals surface area contributed by atoms with Crippen LogP contribution in [0.1, 0.15) is 26.7 Å². The largest absolute Gasteiger partial charge is 0.360 e. The lowest BCUT2D eigenvalue weighted by atomic mass is 10.2. The van der Waals surface area contributed by atoms with Gasteiger partial charge in [-0.2, -0.15) is 0 Å². The molecule has 3 atom stereocenters. The highest BCUT2D eigenvalue weighted by Crippen LogP contribution is 2.22. The first-order valence-corrected chi connectivity index (χ1v) is 5.43. The van der Waals surface area contributed by atoms with Crippen LogP contribution in [0.3, 0.4) is 0 Å². The van der Waals surface area contributed by atoms with E-state index in [1.807, 2.05) is 0 Å². The molecule has 0 amide bonds. The monoisotopic (exact) mass is 184 g/mol. The molecule has 2 rings (SSSR count). The molecule has 0 aliphatic carbocycles. The standard InChI is InChI=1S/C10H20N2O/c1-3-12-6-4-5-9(12)10-11-8(2)7-13-10/h8-11H,3-7H2,1-2H3. The summed E-state index contributed by atoms with van der Waals surface area (Å²) in [6, 6.07) is 1.15. The second-order valence-electron chi connectivity index (χ2n) is 4.16. The molecule has 2 aliphatic heterocycles. The fraction of sp³-hybridized carbons (Fsp3) is 1.00. The Kier molecular flexibility index (Phi) is 2.86. The highest BCUT2D eigenvalue weighted by Gasteiger charge is 2.34. The maximum atomic E-state index is 5.73. The Bertz CT molecular complexity index is 174. The van der Waals surface area contributed by atoms with E-state index >= 15 is 0 Å². The van der Waals surface area contributed by atoms with Crippen molar-refractivity contribution in [2.45, 2.75) is 45.0 Å². The normalized spacial score (nSPS) is 41.5. The van der Waals surface area contributed by atoms with E-state index in [4.69, 9.17) is 4.74 Å². The van der Waals surface area contributed by atoms with Gasteiger partial charge < -0.3 is 4.74 Å². The van der Waals surface area contributed by atoms with E-state index < -0.39 is 0 Å². The van der Waals surface area contributed by atoms with Crippen molar-refractivity contribution < 1.29 is 4.74 Å². The van der Waals surface area contributed by atoms with E-state index in [1.54, 1.807) is 0 Å². The van der Waals surface area contributed by atoms with Crippen LogP contribution >= 0.6 is 0 Å². The van der Waals surface area contributed by atoms with Gasteiger partial charge in [0.25, 0.3) is 0 Å². The van der Waals surface area contributed by atoms with Gasteiger partial charge in [-0.05, 0) is 32.9 Å². The number of hydrogen-bond donors (Lipinski definition) is 1. The maximum Gasteiger partial charge on any atom is 0.124 e. The van der Waals surface area contributed by atoms with Gasteiger partial charge in [-0.15, -0.1) is 0 Å². The van der Waals surface area contributed by atoms with Crippen LogP contribution in [0.2, 0.25) is 0 Å². The Morgan fingerprint density at radius 1 is 1.54 bits per heavy atom. The summed E-state index contributed by atoms with van der Waals surface area (Å²) in [5, 5.41) is 3.50. The summed E-state index contributed by atoms with van der Waals surface area (Å²) in [4.78, 5) is 2.52. The first-order chi connectivity index (χ1) is 6.31. The van der Waals surface area contributed by atoms with E-state index in [0.29, 0.717) is 12.1 Å². The molecule has 0 aromatic carbocycles. The van der Waals surface area contributed by atoms with Crippen LogP contribution in [0.4, 0.5) is 0 Å². The minimum Gasteiger partial charge on any atom is -0.360 e.